The van der Waals surface area contributed by atoms with Crippen LogP contribution in [0.2, 0.25) is 5.02 Å². The van der Waals surface area contributed by atoms with Crippen molar-refractivity contribution in [1.82, 2.24) is 0 Å². The Labute approximate surface area is 168 Å². The lowest BCUT2D eigenvalue weighted by atomic mass is 10.0. The van der Waals surface area contributed by atoms with Crippen LogP contribution in [0.15, 0.2) is 60.0 Å². The number of amides is 1. The van der Waals surface area contributed by atoms with E-state index in [2.05, 4.69) is 48.0 Å². The fourth-order valence-electron chi connectivity index (χ4n) is 2.86. The minimum absolute atomic E-state index is 0.0811. The highest BCUT2D eigenvalue weighted by Gasteiger charge is 2.20. The number of benzene rings is 2. The van der Waals surface area contributed by atoms with Gasteiger partial charge in [0, 0.05) is 10.6 Å². The fourth-order valence-corrected chi connectivity index (χ4v) is 3.88. The second-order valence-electron chi connectivity index (χ2n) is 6.24. The summed E-state index contributed by atoms with van der Waals surface area (Å²) < 4.78 is 5.28. The van der Waals surface area contributed by atoms with Crippen LogP contribution in [-0.4, -0.2) is 19.6 Å². The number of carbonyl (C=O) groups excluding carboxylic acids is 1. The monoisotopic (exact) mass is 401 g/mol. The van der Waals surface area contributed by atoms with Gasteiger partial charge < -0.3 is 15.4 Å². The molecule has 0 aliphatic carbocycles. The number of anilines is 1. The minimum Gasteiger partial charge on any atom is -0.495 e. The Morgan fingerprint density at radius 3 is 2.67 bits per heavy atom. The molecule has 1 amide bonds. The Balaban J connectivity index is 1.71. The van der Waals surface area contributed by atoms with Gasteiger partial charge in [0.1, 0.15) is 11.8 Å². The van der Waals surface area contributed by atoms with Crippen molar-refractivity contribution in [1.29, 1.82) is 0 Å². The Morgan fingerprint density at radius 2 is 2.00 bits per heavy atom. The van der Waals surface area contributed by atoms with Gasteiger partial charge in [-0.3, -0.25) is 4.79 Å². The van der Waals surface area contributed by atoms with Crippen molar-refractivity contribution in [3.63, 3.8) is 0 Å². The van der Waals surface area contributed by atoms with Gasteiger partial charge in [-0.15, -0.1) is 11.3 Å². The highest BCUT2D eigenvalue weighted by atomic mass is 35.5. The molecule has 0 bridgehead atoms. The molecule has 1 heterocycles. The van der Waals surface area contributed by atoms with E-state index < -0.39 is 0 Å². The molecule has 6 heteroatoms. The molecule has 0 aliphatic rings. The number of hydrogen-bond acceptors (Lipinski definition) is 3. The Bertz CT molecular complexity index is 895. The first-order chi connectivity index (χ1) is 13.1. The molecule has 0 aliphatic heterocycles. The lowest BCUT2D eigenvalue weighted by Crippen LogP contribution is -2.87. The quantitative estimate of drug-likeness (QED) is 0.628. The maximum Gasteiger partial charge on any atom is 0.279 e. The molecular formula is C21H22ClN2O2S+. The second kappa shape index (κ2) is 9.04. The molecule has 3 aromatic rings. The summed E-state index contributed by atoms with van der Waals surface area (Å²) in [7, 11) is 1.56. The predicted octanol–water partition coefficient (Wildman–Crippen LogP) is 4.01. The van der Waals surface area contributed by atoms with Crippen molar-refractivity contribution in [3.05, 3.63) is 81.0 Å². The average molecular weight is 402 g/mol. The summed E-state index contributed by atoms with van der Waals surface area (Å²) in [6, 6.07) is 17.8. The first-order valence-corrected chi connectivity index (χ1v) is 9.89. The van der Waals surface area contributed by atoms with Gasteiger partial charge in [0.05, 0.1) is 17.7 Å². The number of nitrogens with one attached hydrogen (secondary N) is 1. The lowest BCUT2D eigenvalue weighted by Gasteiger charge is -2.15. The highest BCUT2D eigenvalue weighted by Crippen LogP contribution is 2.27. The topological polar surface area (TPSA) is 54.9 Å². The number of hydrogen-bond donors (Lipinski definition) is 2. The van der Waals surface area contributed by atoms with Crippen molar-refractivity contribution in [2.45, 2.75) is 13.0 Å². The van der Waals surface area contributed by atoms with Crippen molar-refractivity contribution in [3.8, 4) is 5.75 Å². The molecule has 2 aromatic carbocycles. The average Bonchev–Trinajstić information content (AvgIpc) is 3.18. The molecule has 0 fully saturated rings. The molecule has 3 rings (SSSR count). The summed E-state index contributed by atoms with van der Waals surface area (Å²) in [5.74, 6) is 0.477. The van der Waals surface area contributed by atoms with E-state index in [1.54, 1.807) is 36.6 Å². The van der Waals surface area contributed by atoms with Crippen LogP contribution in [-0.2, 0) is 4.79 Å². The number of rotatable bonds is 7. The largest absolute Gasteiger partial charge is 0.495 e. The van der Waals surface area contributed by atoms with Crippen molar-refractivity contribution in [2.75, 3.05) is 19.0 Å². The zero-order valence-electron chi connectivity index (χ0n) is 15.2. The standard InChI is InChI=1S/C21H21ClN2O2S/c1-14-5-7-15(8-6-14)21(19-4-3-11-27-19)23-13-20(25)24-17-12-16(22)9-10-18(17)26-2/h3-12,21,23H,13H2,1-2H3,(H,24,25)/p+1/t21-/m1/s1. The highest BCUT2D eigenvalue weighted by molar-refractivity contribution is 7.10. The lowest BCUT2D eigenvalue weighted by molar-refractivity contribution is -0.675. The summed E-state index contributed by atoms with van der Waals surface area (Å²) in [5, 5.41) is 7.54. The van der Waals surface area contributed by atoms with Crippen molar-refractivity contribution < 1.29 is 14.8 Å². The molecule has 1 atom stereocenters. The van der Waals surface area contributed by atoms with Crippen molar-refractivity contribution >= 4 is 34.5 Å². The normalized spacial score (nSPS) is 11.8. The minimum atomic E-state index is -0.107. The van der Waals surface area contributed by atoms with E-state index in [4.69, 9.17) is 16.3 Å². The van der Waals surface area contributed by atoms with Crippen LogP contribution in [0.3, 0.4) is 0 Å². The SMILES string of the molecule is COc1ccc(Cl)cc1NC(=O)C[NH2+][C@H](c1ccc(C)cc1)c1cccs1. The van der Waals surface area contributed by atoms with Gasteiger partial charge in [0.25, 0.3) is 5.91 Å². The molecule has 0 saturated carbocycles. The number of halogens is 1. The van der Waals surface area contributed by atoms with Crippen LogP contribution >= 0.6 is 22.9 Å². The summed E-state index contributed by atoms with van der Waals surface area (Å²) in [5.41, 5.74) is 2.97. The summed E-state index contributed by atoms with van der Waals surface area (Å²) in [6.07, 6.45) is 0. The molecule has 0 saturated heterocycles. The van der Waals surface area contributed by atoms with Crippen LogP contribution < -0.4 is 15.4 Å². The van der Waals surface area contributed by atoms with Gasteiger partial charge in [-0.25, -0.2) is 0 Å². The first-order valence-electron chi connectivity index (χ1n) is 8.63. The van der Waals surface area contributed by atoms with E-state index in [1.165, 1.54) is 16.0 Å². The molecule has 3 N–H and O–H groups in total. The summed E-state index contributed by atoms with van der Waals surface area (Å²) >= 11 is 7.73. The van der Waals surface area contributed by atoms with Crippen LogP contribution in [0.5, 0.6) is 5.75 Å². The predicted molar refractivity (Wildman–Crippen MR) is 111 cm³/mol. The molecule has 0 radical (unpaired) electrons. The smallest absolute Gasteiger partial charge is 0.279 e. The Hall–Kier alpha value is -2.34. The zero-order valence-corrected chi connectivity index (χ0v) is 16.8. The molecule has 0 unspecified atom stereocenters. The number of nitrogens with two attached hydrogens (primary N) is 1. The van der Waals surface area contributed by atoms with Crippen LogP contribution in [0.25, 0.3) is 0 Å². The Kier molecular flexibility index (Phi) is 6.50. The van der Waals surface area contributed by atoms with E-state index in [0.29, 0.717) is 16.5 Å². The molecule has 0 spiro atoms. The molecule has 1 aromatic heterocycles. The van der Waals surface area contributed by atoms with E-state index in [0.717, 1.165) is 0 Å². The van der Waals surface area contributed by atoms with Gasteiger partial charge in [0.15, 0.2) is 6.54 Å². The van der Waals surface area contributed by atoms with E-state index >= 15 is 0 Å². The summed E-state index contributed by atoms with van der Waals surface area (Å²) in [6.45, 7) is 2.35. The fraction of sp³-hybridized carbons (Fsp3) is 0.190. The van der Waals surface area contributed by atoms with Gasteiger partial charge >= 0.3 is 0 Å². The first kappa shape index (κ1) is 19.4. The van der Waals surface area contributed by atoms with E-state index in [1.807, 2.05) is 11.4 Å². The van der Waals surface area contributed by atoms with Crippen LogP contribution in [0, 0.1) is 6.92 Å². The van der Waals surface area contributed by atoms with Crippen LogP contribution in [0.4, 0.5) is 5.69 Å². The van der Waals surface area contributed by atoms with Gasteiger partial charge in [-0.05, 0) is 36.6 Å². The number of methoxy groups -OCH3 is 1. The van der Waals surface area contributed by atoms with Crippen LogP contribution in [0.1, 0.15) is 22.0 Å². The molecule has 140 valence electrons. The van der Waals surface area contributed by atoms with E-state index in [9.17, 15) is 4.79 Å². The Morgan fingerprint density at radius 1 is 1.22 bits per heavy atom. The maximum atomic E-state index is 12.5. The molecule has 4 nitrogen and oxygen atoms in total. The number of aryl methyl sites for hydroxylation is 1. The summed E-state index contributed by atoms with van der Waals surface area (Å²) in [4.78, 5) is 13.7. The third kappa shape index (κ3) is 5.10. The third-order valence-corrected chi connectivity index (χ3v) is 5.45. The van der Waals surface area contributed by atoms with E-state index in [-0.39, 0.29) is 18.5 Å². The zero-order chi connectivity index (χ0) is 19.2. The number of thiophene rings is 1. The molecular weight excluding hydrogens is 380 g/mol. The van der Waals surface area contributed by atoms with Crippen molar-refractivity contribution in [2.24, 2.45) is 0 Å². The molecule has 27 heavy (non-hydrogen) atoms. The third-order valence-electron chi connectivity index (χ3n) is 4.26. The van der Waals surface area contributed by atoms with Gasteiger partial charge in [-0.2, -0.15) is 0 Å². The number of ether oxygens (including phenoxy) is 1. The maximum absolute atomic E-state index is 12.5. The van der Waals surface area contributed by atoms with Gasteiger partial charge in [-0.1, -0.05) is 47.5 Å². The van der Waals surface area contributed by atoms with Gasteiger partial charge in [0.2, 0.25) is 0 Å². The number of quaternary nitrogens is 1. The number of carbonyl (C=O) groups is 1. The second-order valence-corrected chi connectivity index (χ2v) is 7.65.